The summed E-state index contributed by atoms with van der Waals surface area (Å²) in [7, 11) is 0. The highest BCUT2D eigenvalue weighted by atomic mass is 35.5. The third-order valence-electron chi connectivity index (χ3n) is 2.67. The smallest absolute Gasteiger partial charge is 0.172 e. The standard InChI is InChI=1S/C14H12Cl2OS/c1-18(17)13-10-6-5-9-12(13)14(15,16)11-7-3-2-4-8-11/h2-10H,1H3. The third-order valence-corrected chi connectivity index (χ3v) is 4.49. The quantitative estimate of drug-likeness (QED) is 0.618. The number of halogens is 2. The molecule has 0 fully saturated rings. The highest BCUT2D eigenvalue weighted by Gasteiger charge is 2.33. The summed E-state index contributed by atoms with van der Waals surface area (Å²) in [6.07, 6.45) is 1.62. The van der Waals surface area contributed by atoms with Crippen LogP contribution in [0.15, 0.2) is 59.5 Å². The summed E-state index contributed by atoms with van der Waals surface area (Å²) in [6, 6.07) is 16.6. The van der Waals surface area contributed by atoms with Crippen molar-refractivity contribution in [3.8, 4) is 0 Å². The molecule has 2 aromatic carbocycles. The summed E-state index contributed by atoms with van der Waals surface area (Å²) in [5.74, 6) is 0. The summed E-state index contributed by atoms with van der Waals surface area (Å²) in [5.41, 5.74) is 1.44. The van der Waals surface area contributed by atoms with Gasteiger partial charge in [-0.3, -0.25) is 0 Å². The fraction of sp³-hybridized carbons (Fsp3) is 0.143. The van der Waals surface area contributed by atoms with Crippen molar-refractivity contribution < 1.29 is 4.55 Å². The Balaban J connectivity index is 2.54. The van der Waals surface area contributed by atoms with Crippen LogP contribution in [0.4, 0.5) is 0 Å². The van der Waals surface area contributed by atoms with E-state index in [1.807, 2.05) is 48.5 Å². The summed E-state index contributed by atoms with van der Waals surface area (Å²) in [5, 5.41) is 0. The van der Waals surface area contributed by atoms with Crippen LogP contribution in [-0.2, 0) is 15.5 Å². The number of rotatable bonds is 3. The topological polar surface area (TPSA) is 23.1 Å². The number of benzene rings is 2. The lowest BCUT2D eigenvalue weighted by Crippen LogP contribution is -2.16. The predicted molar refractivity (Wildman–Crippen MR) is 77.7 cm³/mol. The van der Waals surface area contributed by atoms with Crippen molar-refractivity contribution in [2.45, 2.75) is 9.23 Å². The SMILES string of the molecule is C[S+]([O-])c1ccccc1C(Cl)(Cl)c1ccccc1. The maximum absolute atomic E-state index is 11.7. The molecule has 0 saturated carbocycles. The predicted octanol–water partition coefficient (Wildman–Crippen LogP) is 4.10. The number of hydrogen-bond acceptors (Lipinski definition) is 1. The van der Waals surface area contributed by atoms with Gasteiger partial charge in [-0.2, -0.15) is 0 Å². The van der Waals surface area contributed by atoms with Crippen LogP contribution >= 0.6 is 23.2 Å². The van der Waals surface area contributed by atoms with E-state index in [0.717, 1.165) is 5.56 Å². The lowest BCUT2D eigenvalue weighted by molar-refractivity contribution is 0.599. The Kier molecular flexibility index (Phi) is 4.23. The second-order valence-electron chi connectivity index (χ2n) is 3.89. The number of alkyl halides is 2. The van der Waals surface area contributed by atoms with Crippen molar-refractivity contribution in [3.63, 3.8) is 0 Å². The average molecular weight is 299 g/mol. The van der Waals surface area contributed by atoms with Crippen molar-refractivity contribution in [2.24, 2.45) is 0 Å². The molecule has 4 heteroatoms. The molecular formula is C14H12Cl2OS. The molecule has 0 bridgehead atoms. The van der Waals surface area contributed by atoms with Crippen LogP contribution < -0.4 is 0 Å². The summed E-state index contributed by atoms with van der Waals surface area (Å²) in [4.78, 5) is 0.659. The van der Waals surface area contributed by atoms with Gasteiger partial charge in [-0.05, 0) is 22.8 Å². The van der Waals surface area contributed by atoms with Crippen molar-refractivity contribution in [2.75, 3.05) is 6.26 Å². The first-order valence-corrected chi connectivity index (χ1v) is 7.71. The molecule has 0 aliphatic heterocycles. The lowest BCUT2D eigenvalue weighted by Gasteiger charge is -2.22. The van der Waals surface area contributed by atoms with Gasteiger partial charge in [0.25, 0.3) is 0 Å². The monoisotopic (exact) mass is 298 g/mol. The van der Waals surface area contributed by atoms with Gasteiger partial charge in [0.2, 0.25) is 0 Å². The molecule has 1 atom stereocenters. The van der Waals surface area contributed by atoms with Gasteiger partial charge in [0.15, 0.2) is 9.23 Å². The molecule has 18 heavy (non-hydrogen) atoms. The second-order valence-corrected chi connectivity index (χ2v) is 6.57. The van der Waals surface area contributed by atoms with Crippen LogP contribution in [-0.4, -0.2) is 10.8 Å². The molecule has 0 heterocycles. The molecule has 0 N–H and O–H groups in total. The molecule has 0 amide bonds. The summed E-state index contributed by atoms with van der Waals surface area (Å²) >= 11 is 11.8. The highest BCUT2D eigenvalue weighted by Crippen LogP contribution is 2.43. The molecule has 0 aliphatic carbocycles. The van der Waals surface area contributed by atoms with Crippen molar-refractivity contribution in [3.05, 3.63) is 65.7 Å². The molecule has 1 nitrogen and oxygen atoms in total. The molecule has 94 valence electrons. The average Bonchev–Trinajstić information content (AvgIpc) is 2.39. The molecule has 1 unspecified atom stereocenters. The first-order valence-electron chi connectivity index (χ1n) is 5.40. The van der Waals surface area contributed by atoms with Crippen molar-refractivity contribution >= 4 is 34.4 Å². The molecule has 0 saturated heterocycles. The van der Waals surface area contributed by atoms with Gasteiger partial charge in [-0.15, -0.1) is 0 Å². The van der Waals surface area contributed by atoms with E-state index in [-0.39, 0.29) is 0 Å². The third kappa shape index (κ3) is 2.67. The minimum absolute atomic E-state index is 0.659. The van der Waals surface area contributed by atoms with E-state index < -0.39 is 15.5 Å². The Morgan fingerprint density at radius 1 is 0.944 bits per heavy atom. The van der Waals surface area contributed by atoms with E-state index >= 15 is 0 Å². The van der Waals surface area contributed by atoms with Gasteiger partial charge >= 0.3 is 0 Å². The van der Waals surface area contributed by atoms with E-state index in [1.54, 1.807) is 12.3 Å². The highest BCUT2D eigenvalue weighted by molar-refractivity contribution is 7.90. The fourth-order valence-corrected chi connectivity index (χ4v) is 3.27. The minimum Gasteiger partial charge on any atom is -0.612 e. The number of hydrogen-bond donors (Lipinski definition) is 0. The van der Waals surface area contributed by atoms with E-state index in [2.05, 4.69) is 0 Å². The maximum Gasteiger partial charge on any atom is 0.172 e. The lowest BCUT2D eigenvalue weighted by atomic mass is 10.0. The van der Waals surface area contributed by atoms with Crippen LogP contribution in [0.2, 0.25) is 0 Å². The molecule has 0 aliphatic rings. The minimum atomic E-state index is -1.19. The Morgan fingerprint density at radius 2 is 1.50 bits per heavy atom. The Hall–Kier alpha value is -0.670. The van der Waals surface area contributed by atoms with E-state index in [9.17, 15) is 4.55 Å². The second kappa shape index (κ2) is 5.54. The van der Waals surface area contributed by atoms with Gasteiger partial charge in [0.1, 0.15) is 6.26 Å². The zero-order chi connectivity index (χ0) is 13.2. The zero-order valence-electron chi connectivity index (χ0n) is 9.77. The summed E-state index contributed by atoms with van der Waals surface area (Å²) in [6.45, 7) is 0. The normalized spacial score (nSPS) is 13.3. The molecule has 0 aromatic heterocycles. The Bertz CT molecular complexity index is 526. The van der Waals surface area contributed by atoms with E-state index in [0.29, 0.717) is 10.5 Å². The van der Waals surface area contributed by atoms with Gasteiger partial charge in [-0.1, -0.05) is 71.7 Å². The molecule has 2 rings (SSSR count). The van der Waals surface area contributed by atoms with E-state index in [1.165, 1.54) is 0 Å². The van der Waals surface area contributed by atoms with Crippen LogP contribution in [0.5, 0.6) is 0 Å². The Morgan fingerprint density at radius 3 is 2.11 bits per heavy atom. The molecular weight excluding hydrogens is 287 g/mol. The van der Waals surface area contributed by atoms with Crippen LogP contribution in [0, 0.1) is 0 Å². The molecule has 0 spiro atoms. The van der Waals surface area contributed by atoms with Crippen LogP contribution in [0.25, 0.3) is 0 Å². The zero-order valence-corrected chi connectivity index (χ0v) is 12.1. The van der Waals surface area contributed by atoms with Gasteiger partial charge in [-0.25, -0.2) is 0 Å². The largest absolute Gasteiger partial charge is 0.612 e. The van der Waals surface area contributed by atoms with Crippen LogP contribution in [0.3, 0.4) is 0 Å². The Labute approximate surface area is 120 Å². The summed E-state index contributed by atoms with van der Waals surface area (Å²) < 4.78 is 10.5. The van der Waals surface area contributed by atoms with Gasteiger partial charge in [0, 0.05) is 5.56 Å². The first kappa shape index (κ1) is 13.8. The first-order chi connectivity index (χ1) is 8.53. The van der Waals surface area contributed by atoms with Crippen molar-refractivity contribution in [1.29, 1.82) is 0 Å². The van der Waals surface area contributed by atoms with E-state index in [4.69, 9.17) is 23.2 Å². The molecule has 0 radical (unpaired) electrons. The van der Waals surface area contributed by atoms with Crippen LogP contribution in [0.1, 0.15) is 11.1 Å². The maximum atomic E-state index is 11.7. The fourth-order valence-electron chi connectivity index (χ4n) is 1.78. The molecule has 2 aromatic rings. The van der Waals surface area contributed by atoms with Gasteiger partial charge in [0.05, 0.1) is 0 Å². The van der Waals surface area contributed by atoms with Gasteiger partial charge < -0.3 is 4.55 Å². The van der Waals surface area contributed by atoms with Crippen molar-refractivity contribution in [1.82, 2.24) is 0 Å².